The highest BCUT2D eigenvalue weighted by Gasteiger charge is 2.19. The third kappa shape index (κ3) is 55.3. The Bertz CT molecular complexity index is 1050. The highest BCUT2D eigenvalue weighted by Crippen LogP contribution is 2.19. The zero-order valence-electron chi connectivity index (χ0n) is 46.9. The molecular formula is C62H120O6. The average Bonchev–Trinajstić information content (AvgIpc) is 3.30. The van der Waals surface area contributed by atoms with Gasteiger partial charge in [0.1, 0.15) is 13.2 Å². The Labute approximate surface area is 425 Å². The van der Waals surface area contributed by atoms with Gasteiger partial charge in [-0.05, 0) is 37.0 Å². The van der Waals surface area contributed by atoms with E-state index in [4.69, 9.17) is 14.2 Å². The molecule has 0 aromatic rings. The van der Waals surface area contributed by atoms with Crippen molar-refractivity contribution in [1.82, 2.24) is 0 Å². The average molecular weight is 962 g/mol. The summed E-state index contributed by atoms with van der Waals surface area (Å²) in [4.78, 5) is 38.2. The molecule has 1 atom stereocenters. The first-order valence-electron chi connectivity index (χ1n) is 30.6. The van der Waals surface area contributed by atoms with E-state index in [1.165, 1.54) is 225 Å². The van der Waals surface area contributed by atoms with E-state index in [-0.39, 0.29) is 31.1 Å². The summed E-state index contributed by atoms with van der Waals surface area (Å²) in [7, 11) is 0. The minimum absolute atomic E-state index is 0.0632. The number of hydrogen-bond donors (Lipinski definition) is 0. The Morgan fingerprint density at radius 2 is 0.426 bits per heavy atom. The Morgan fingerprint density at radius 1 is 0.250 bits per heavy atom. The zero-order chi connectivity index (χ0) is 49.8. The molecule has 0 aliphatic rings. The highest BCUT2D eigenvalue weighted by atomic mass is 16.6. The minimum Gasteiger partial charge on any atom is -0.462 e. The normalized spacial score (nSPS) is 12.1. The van der Waals surface area contributed by atoms with E-state index >= 15 is 0 Å². The fourth-order valence-electron chi connectivity index (χ4n) is 9.53. The fraction of sp³-hybridized carbons (Fsp3) is 0.952. The molecule has 0 saturated carbocycles. The molecule has 0 rings (SSSR count). The number of rotatable bonds is 55. The first kappa shape index (κ1) is 66.4. The first-order valence-corrected chi connectivity index (χ1v) is 30.6. The lowest BCUT2D eigenvalue weighted by Gasteiger charge is -2.18. The summed E-state index contributed by atoms with van der Waals surface area (Å²) in [5, 5.41) is 0. The lowest BCUT2D eigenvalue weighted by molar-refractivity contribution is -0.167. The molecule has 0 saturated heterocycles. The Morgan fingerprint density at radius 3 is 0.632 bits per heavy atom. The Balaban J connectivity index is 4.26. The summed E-state index contributed by atoms with van der Waals surface area (Å²) in [6, 6.07) is 0. The van der Waals surface area contributed by atoms with Crippen molar-refractivity contribution in [3.8, 4) is 0 Å². The van der Waals surface area contributed by atoms with Crippen LogP contribution in [0.5, 0.6) is 0 Å². The predicted octanol–water partition coefficient (Wildman–Crippen LogP) is 20.3. The standard InChI is InChI=1S/C62H120O6/c1-56(2)48-42-36-30-24-19-15-11-7-9-13-17-21-27-33-39-45-51-60(63)66-54-59(55-67-61(64)52-46-40-34-29-23-26-32-38-44-50-58(5)6)68-62(65)53-47-41-35-28-22-18-14-10-8-12-16-20-25-31-37-43-49-57(3)4/h56-59H,7-55H2,1-6H3/t59-/m1/s1. The quantitative estimate of drug-likeness (QED) is 0.0343. The van der Waals surface area contributed by atoms with Gasteiger partial charge in [0.2, 0.25) is 0 Å². The Hall–Kier alpha value is -1.59. The minimum atomic E-state index is -0.764. The number of esters is 3. The van der Waals surface area contributed by atoms with E-state index in [2.05, 4.69) is 41.5 Å². The van der Waals surface area contributed by atoms with E-state index in [0.717, 1.165) is 75.5 Å². The lowest BCUT2D eigenvalue weighted by atomic mass is 10.0. The van der Waals surface area contributed by atoms with Crippen molar-refractivity contribution in [2.75, 3.05) is 13.2 Å². The predicted molar refractivity (Wildman–Crippen MR) is 293 cm³/mol. The van der Waals surface area contributed by atoms with Gasteiger partial charge >= 0.3 is 17.9 Å². The molecule has 0 fully saturated rings. The zero-order valence-corrected chi connectivity index (χ0v) is 46.9. The fourth-order valence-corrected chi connectivity index (χ4v) is 9.53. The molecule has 0 unspecified atom stereocenters. The molecule has 404 valence electrons. The molecule has 0 aliphatic carbocycles. The molecular weight excluding hydrogens is 841 g/mol. The van der Waals surface area contributed by atoms with Crippen LogP contribution in [0.25, 0.3) is 0 Å². The van der Waals surface area contributed by atoms with Gasteiger partial charge in [-0.15, -0.1) is 0 Å². The summed E-state index contributed by atoms with van der Waals surface area (Å²) in [5.74, 6) is 1.67. The van der Waals surface area contributed by atoms with E-state index in [9.17, 15) is 14.4 Å². The number of carbonyl (C=O) groups excluding carboxylic acids is 3. The number of carbonyl (C=O) groups is 3. The molecule has 0 aromatic carbocycles. The molecule has 6 heteroatoms. The number of hydrogen-bond acceptors (Lipinski definition) is 6. The van der Waals surface area contributed by atoms with Crippen molar-refractivity contribution >= 4 is 17.9 Å². The van der Waals surface area contributed by atoms with Crippen molar-refractivity contribution in [1.29, 1.82) is 0 Å². The maximum absolute atomic E-state index is 12.9. The monoisotopic (exact) mass is 961 g/mol. The van der Waals surface area contributed by atoms with Crippen molar-refractivity contribution in [2.24, 2.45) is 17.8 Å². The summed E-state index contributed by atoms with van der Waals surface area (Å²) in [6.07, 6.45) is 56.8. The summed E-state index contributed by atoms with van der Waals surface area (Å²) in [6.45, 7) is 13.8. The summed E-state index contributed by atoms with van der Waals surface area (Å²) in [5.41, 5.74) is 0. The van der Waals surface area contributed by atoms with Crippen molar-refractivity contribution in [3.05, 3.63) is 0 Å². The van der Waals surface area contributed by atoms with Crippen LogP contribution in [-0.4, -0.2) is 37.2 Å². The van der Waals surface area contributed by atoms with Gasteiger partial charge in [-0.3, -0.25) is 14.4 Å². The first-order chi connectivity index (χ1) is 33.1. The molecule has 0 amide bonds. The van der Waals surface area contributed by atoms with E-state index in [1.807, 2.05) is 0 Å². The van der Waals surface area contributed by atoms with E-state index in [0.29, 0.717) is 19.3 Å². The van der Waals surface area contributed by atoms with Crippen LogP contribution in [0.1, 0.15) is 343 Å². The van der Waals surface area contributed by atoms with E-state index in [1.54, 1.807) is 0 Å². The topological polar surface area (TPSA) is 78.9 Å². The maximum atomic E-state index is 12.9. The van der Waals surface area contributed by atoms with Crippen LogP contribution in [0.3, 0.4) is 0 Å². The second-order valence-corrected chi connectivity index (χ2v) is 22.8. The van der Waals surface area contributed by atoms with Gasteiger partial charge in [0.05, 0.1) is 0 Å². The Kier molecular flexibility index (Phi) is 52.0. The number of ether oxygens (including phenoxy) is 3. The van der Waals surface area contributed by atoms with Gasteiger partial charge in [-0.25, -0.2) is 0 Å². The summed E-state index contributed by atoms with van der Waals surface area (Å²) >= 11 is 0. The van der Waals surface area contributed by atoms with Crippen molar-refractivity contribution in [3.63, 3.8) is 0 Å². The lowest BCUT2D eigenvalue weighted by Crippen LogP contribution is -2.30. The van der Waals surface area contributed by atoms with Gasteiger partial charge in [0.15, 0.2) is 6.10 Å². The van der Waals surface area contributed by atoms with E-state index < -0.39 is 6.10 Å². The SMILES string of the molecule is CC(C)CCCCCCCCCCCCCCCCCCC(=O)OC[C@H](COC(=O)CCCCCCCCCCCC(C)C)OC(=O)CCCCCCCCCCCCCCCCCCC(C)C. The molecule has 0 N–H and O–H groups in total. The van der Waals surface area contributed by atoms with Crippen LogP contribution in [0.4, 0.5) is 0 Å². The highest BCUT2D eigenvalue weighted by molar-refractivity contribution is 5.71. The maximum Gasteiger partial charge on any atom is 0.306 e. The second kappa shape index (κ2) is 53.2. The van der Waals surface area contributed by atoms with Gasteiger partial charge in [0, 0.05) is 19.3 Å². The molecule has 0 radical (unpaired) electrons. The summed E-state index contributed by atoms with van der Waals surface area (Å²) < 4.78 is 16.9. The molecule has 68 heavy (non-hydrogen) atoms. The van der Waals surface area contributed by atoms with Crippen LogP contribution < -0.4 is 0 Å². The van der Waals surface area contributed by atoms with Gasteiger partial charge in [-0.1, -0.05) is 305 Å². The van der Waals surface area contributed by atoms with Gasteiger partial charge in [0.25, 0.3) is 0 Å². The molecule has 0 aliphatic heterocycles. The van der Waals surface area contributed by atoms with Gasteiger partial charge < -0.3 is 14.2 Å². The molecule has 0 aromatic heterocycles. The van der Waals surface area contributed by atoms with Crippen LogP contribution in [0.2, 0.25) is 0 Å². The molecule has 0 spiro atoms. The number of unbranched alkanes of at least 4 members (excludes halogenated alkanes) is 38. The van der Waals surface area contributed by atoms with Crippen LogP contribution in [0, 0.1) is 17.8 Å². The largest absolute Gasteiger partial charge is 0.462 e. The van der Waals surface area contributed by atoms with Crippen LogP contribution >= 0.6 is 0 Å². The third-order valence-corrected chi connectivity index (χ3v) is 14.1. The van der Waals surface area contributed by atoms with Crippen molar-refractivity contribution in [2.45, 2.75) is 349 Å². The molecule has 6 nitrogen and oxygen atoms in total. The third-order valence-electron chi connectivity index (χ3n) is 14.1. The van der Waals surface area contributed by atoms with Crippen LogP contribution in [-0.2, 0) is 28.6 Å². The smallest absolute Gasteiger partial charge is 0.306 e. The van der Waals surface area contributed by atoms with Crippen LogP contribution in [0.15, 0.2) is 0 Å². The molecule has 0 heterocycles. The molecule has 0 bridgehead atoms. The van der Waals surface area contributed by atoms with Crippen molar-refractivity contribution < 1.29 is 28.6 Å². The van der Waals surface area contributed by atoms with Gasteiger partial charge in [-0.2, -0.15) is 0 Å². The second-order valence-electron chi connectivity index (χ2n) is 22.8.